The topological polar surface area (TPSA) is 81.5 Å². The summed E-state index contributed by atoms with van der Waals surface area (Å²) < 4.78 is 24.0. The third kappa shape index (κ3) is 1.93. The quantitative estimate of drug-likeness (QED) is 0.891. The van der Waals surface area contributed by atoms with Crippen molar-refractivity contribution in [2.24, 2.45) is 0 Å². The first-order chi connectivity index (χ1) is 8.04. The maximum absolute atomic E-state index is 14.0. The Morgan fingerprint density at radius 2 is 2.24 bits per heavy atom. The molecule has 1 aromatic carbocycles. The van der Waals surface area contributed by atoms with Gasteiger partial charge in [0.25, 0.3) is 0 Å². The van der Waals surface area contributed by atoms with Crippen molar-refractivity contribution in [2.45, 2.75) is 0 Å². The monoisotopic (exact) mass is 302 g/mol. The van der Waals surface area contributed by atoms with E-state index in [0.29, 0.717) is 4.47 Å². The van der Waals surface area contributed by atoms with Gasteiger partial charge in [-0.3, -0.25) is 0 Å². The molecule has 0 bridgehead atoms. The third-order valence-electron chi connectivity index (χ3n) is 2.13. The first kappa shape index (κ1) is 11.7. The van der Waals surface area contributed by atoms with E-state index in [2.05, 4.69) is 21.1 Å². The van der Waals surface area contributed by atoms with E-state index in [0.717, 1.165) is 0 Å². The van der Waals surface area contributed by atoms with Crippen LogP contribution in [0.15, 0.2) is 21.1 Å². The van der Waals surface area contributed by atoms with Crippen molar-refractivity contribution >= 4 is 21.7 Å². The van der Waals surface area contributed by atoms with Crippen LogP contribution < -0.4 is 10.5 Å². The fourth-order valence-corrected chi connectivity index (χ4v) is 2.00. The second kappa shape index (κ2) is 4.25. The highest BCUT2D eigenvalue weighted by Crippen LogP contribution is 2.41. The lowest BCUT2D eigenvalue weighted by atomic mass is 10.1. The van der Waals surface area contributed by atoms with Crippen molar-refractivity contribution in [1.29, 1.82) is 0 Å². The lowest BCUT2D eigenvalue weighted by Gasteiger charge is -2.09. The van der Waals surface area contributed by atoms with Crippen molar-refractivity contribution < 1.29 is 18.8 Å². The molecule has 0 saturated carbocycles. The second-order valence-corrected chi connectivity index (χ2v) is 4.07. The molecule has 0 spiro atoms. The number of phenols is 1. The Kier molecular flexibility index (Phi) is 2.93. The molecule has 5 nitrogen and oxygen atoms in total. The molecule has 17 heavy (non-hydrogen) atoms. The number of aromatic nitrogens is 1. The molecule has 2 rings (SSSR count). The van der Waals surface area contributed by atoms with Crippen LogP contribution in [0.25, 0.3) is 11.3 Å². The van der Waals surface area contributed by atoms with E-state index in [1.54, 1.807) is 0 Å². The Hall–Kier alpha value is -1.76. The van der Waals surface area contributed by atoms with Gasteiger partial charge in [0, 0.05) is 10.5 Å². The second-order valence-electron chi connectivity index (χ2n) is 3.22. The highest BCUT2D eigenvalue weighted by atomic mass is 79.9. The first-order valence-electron chi connectivity index (χ1n) is 4.52. The number of hydrogen-bond acceptors (Lipinski definition) is 5. The molecule has 0 radical (unpaired) electrons. The summed E-state index contributed by atoms with van der Waals surface area (Å²) in [4.78, 5) is 0. The Balaban J connectivity index is 2.69. The number of methoxy groups -OCH3 is 1. The normalized spacial score (nSPS) is 10.5. The Labute approximate surface area is 104 Å². The lowest BCUT2D eigenvalue weighted by molar-refractivity contribution is 0.350. The molecule has 0 atom stereocenters. The standard InChI is InChI=1S/C10H8BrFN2O3/c1-16-10-5(15)2-4(11)8(9(10)12)6-3-7(13)14-17-6/h2-3,15H,1H3,(H2,13,14). The molecule has 0 aliphatic carbocycles. The number of anilines is 1. The largest absolute Gasteiger partial charge is 0.504 e. The minimum absolute atomic E-state index is 0.0869. The van der Waals surface area contributed by atoms with Gasteiger partial charge in [-0.15, -0.1) is 0 Å². The molecule has 1 heterocycles. The van der Waals surface area contributed by atoms with Gasteiger partial charge in [-0.05, 0) is 22.0 Å². The molecule has 1 aromatic heterocycles. The van der Waals surface area contributed by atoms with Crippen LogP contribution in [-0.2, 0) is 0 Å². The van der Waals surface area contributed by atoms with Gasteiger partial charge in [0.2, 0.25) is 0 Å². The fraction of sp³-hybridized carbons (Fsp3) is 0.100. The van der Waals surface area contributed by atoms with Crippen LogP contribution in [0.1, 0.15) is 0 Å². The van der Waals surface area contributed by atoms with Crippen molar-refractivity contribution in [3.05, 3.63) is 22.4 Å². The van der Waals surface area contributed by atoms with Gasteiger partial charge >= 0.3 is 0 Å². The van der Waals surface area contributed by atoms with Crippen LogP contribution in [0, 0.1) is 5.82 Å². The van der Waals surface area contributed by atoms with Gasteiger partial charge in [-0.25, -0.2) is 4.39 Å². The van der Waals surface area contributed by atoms with Crippen LogP contribution in [0.5, 0.6) is 11.5 Å². The minimum Gasteiger partial charge on any atom is -0.504 e. The summed E-state index contributed by atoms with van der Waals surface area (Å²) >= 11 is 3.12. The van der Waals surface area contributed by atoms with Gasteiger partial charge < -0.3 is 20.1 Å². The van der Waals surface area contributed by atoms with E-state index in [9.17, 15) is 9.50 Å². The number of nitrogens with zero attached hydrogens (tertiary/aromatic N) is 1. The summed E-state index contributed by atoms with van der Waals surface area (Å²) in [6.07, 6.45) is 0. The molecular weight excluding hydrogens is 295 g/mol. The van der Waals surface area contributed by atoms with Crippen LogP contribution in [0.4, 0.5) is 10.2 Å². The number of nitrogen functional groups attached to an aromatic ring is 1. The first-order valence-corrected chi connectivity index (χ1v) is 5.31. The SMILES string of the molecule is COc1c(O)cc(Br)c(-c2cc(N)no2)c1F. The van der Waals surface area contributed by atoms with E-state index in [1.165, 1.54) is 19.2 Å². The highest BCUT2D eigenvalue weighted by molar-refractivity contribution is 9.10. The molecule has 2 aromatic rings. The molecular formula is C10H8BrFN2O3. The average Bonchev–Trinajstić information content (AvgIpc) is 2.64. The molecule has 90 valence electrons. The van der Waals surface area contributed by atoms with Crippen molar-refractivity contribution in [3.63, 3.8) is 0 Å². The molecule has 3 N–H and O–H groups in total. The molecule has 0 aliphatic rings. The van der Waals surface area contributed by atoms with Gasteiger partial charge in [-0.2, -0.15) is 0 Å². The van der Waals surface area contributed by atoms with E-state index in [-0.39, 0.29) is 28.6 Å². The van der Waals surface area contributed by atoms with E-state index >= 15 is 0 Å². The molecule has 0 unspecified atom stereocenters. The van der Waals surface area contributed by atoms with E-state index < -0.39 is 5.82 Å². The van der Waals surface area contributed by atoms with Gasteiger partial charge in [0.05, 0.1) is 12.7 Å². The Morgan fingerprint density at radius 1 is 1.53 bits per heavy atom. The summed E-state index contributed by atoms with van der Waals surface area (Å²) in [5.41, 5.74) is 5.48. The van der Waals surface area contributed by atoms with Gasteiger partial charge in [-0.1, -0.05) is 5.16 Å². The van der Waals surface area contributed by atoms with Gasteiger partial charge in [0.15, 0.2) is 28.9 Å². The molecule has 0 aliphatic heterocycles. The minimum atomic E-state index is -0.754. The third-order valence-corrected chi connectivity index (χ3v) is 2.76. The molecule has 0 amide bonds. The number of rotatable bonds is 2. The van der Waals surface area contributed by atoms with Crippen LogP contribution in [-0.4, -0.2) is 17.4 Å². The number of nitrogens with two attached hydrogens (primary N) is 1. The zero-order chi connectivity index (χ0) is 12.6. The number of hydrogen-bond donors (Lipinski definition) is 2. The number of ether oxygens (including phenoxy) is 1. The highest BCUT2D eigenvalue weighted by Gasteiger charge is 2.21. The number of halogens is 2. The maximum atomic E-state index is 14.0. The molecule has 7 heteroatoms. The van der Waals surface area contributed by atoms with Crippen molar-refractivity contribution in [3.8, 4) is 22.8 Å². The predicted octanol–water partition coefficient (Wildman–Crippen LogP) is 2.54. The lowest BCUT2D eigenvalue weighted by Crippen LogP contribution is -1.93. The Morgan fingerprint density at radius 3 is 2.76 bits per heavy atom. The van der Waals surface area contributed by atoms with E-state index in [4.69, 9.17) is 15.0 Å². The predicted molar refractivity (Wildman–Crippen MR) is 62.2 cm³/mol. The van der Waals surface area contributed by atoms with Crippen LogP contribution in [0.3, 0.4) is 0 Å². The number of benzene rings is 1. The average molecular weight is 303 g/mol. The summed E-state index contributed by atoms with van der Waals surface area (Å²) in [5, 5.41) is 12.9. The fourth-order valence-electron chi connectivity index (χ4n) is 1.42. The van der Waals surface area contributed by atoms with Crippen LogP contribution in [0.2, 0.25) is 0 Å². The summed E-state index contributed by atoms with van der Waals surface area (Å²) in [5.74, 6) is -1.05. The van der Waals surface area contributed by atoms with Gasteiger partial charge in [0.1, 0.15) is 0 Å². The molecule has 0 fully saturated rings. The smallest absolute Gasteiger partial charge is 0.197 e. The van der Waals surface area contributed by atoms with Crippen molar-refractivity contribution in [2.75, 3.05) is 12.8 Å². The number of phenolic OH excluding ortho intramolecular Hbond substituents is 1. The Bertz CT molecular complexity index is 571. The summed E-state index contributed by atoms with van der Waals surface area (Å²) in [6.45, 7) is 0. The zero-order valence-electron chi connectivity index (χ0n) is 8.70. The maximum Gasteiger partial charge on any atom is 0.197 e. The summed E-state index contributed by atoms with van der Waals surface area (Å²) in [6, 6.07) is 2.68. The zero-order valence-corrected chi connectivity index (χ0v) is 10.3. The molecule has 0 saturated heterocycles. The van der Waals surface area contributed by atoms with E-state index in [1.807, 2.05) is 0 Å². The summed E-state index contributed by atoms with van der Waals surface area (Å²) in [7, 11) is 1.25. The van der Waals surface area contributed by atoms with Crippen molar-refractivity contribution in [1.82, 2.24) is 5.16 Å². The number of aromatic hydroxyl groups is 1. The van der Waals surface area contributed by atoms with Crippen LogP contribution >= 0.6 is 15.9 Å².